The fraction of sp³-hybridized carbons (Fsp3) is 0.591. The third-order valence-corrected chi connectivity index (χ3v) is 5.43. The average molecular weight is 404 g/mol. The van der Waals surface area contributed by atoms with Crippen LogP contribution in [0.4, 0.5) is 5.69 Å². The number of rotatable bonds is 8. The van der Waals surface area contributed by atoms with Gasteiger partial charge in [0, 0.05) is 44.5 Å². The number of esters is 1. The SMILES string of the molecule is CCOC(=O)C1CCN(C(=O)CN(C)C(=O)c2ccc(N(CC)CC)cc2)CC1. The zero-order valence-corrected chi connectivity index (χ0v) is 18.0. The summed E-state index contributed by atoms with van der Waals surface area (Å²) in [5.74, 6) is -0.587. The molecule has 0 spiro atoms. The van der Waals surface area contributed by atoms with Crippen molar-refractivity contribution < 1.29 is 19.1 Å². The van der Waals surface area contributed by atoms with E-state index in [2.05, 4.69) is 18.7 Å². The summed E-state index contributed by atoms with van der Waals surface area (Å²) >= 11 is 0. The third-order valence-electron chi connectivity index (χ3n) is 5.43. The Balaban J connectivity index is 1.88. The van der Waals surface area contributed by atoms with E-state index in [1.165, 1.54) is 4.90 Å². The van der Waals surface area contributed by atoms with E-state index >= 15 is 0 Å². The van der Waals surface area contributed by atoms with E-state index < -0.39 is 0 Å². The zero-order chi connectivity index (χ0) is 21.4. The Bertz CT molecular complexity index is 693. The number of carbonyl (C=O) groups excluding carboxylic acids is 3. The summed E-state index contributed by atoms with van der Waals surface area (Å²) in [6.45, 7) is 9.24. The van der Waals surface area contributed by atoms with E-state index in [1.807, 2.05) is 24.3 Å². The van der Waals surface area contributed by atoms with Crippen LogP contribution in [0.3, 0.4) is 0 Å². The van der Waals surface area contributed by atoms with Crippen molar-refractivity contribution in [2.45, 2.75) is 33.6 Å². The molecule has 1 fully saturated rings. The molecule has 0 N–H and O–H groups in total. The fourth-order valence-electron chi connectivity index (χ4n) is 3.62. The lowest BCUT2D eigenvalue weighted by Crippen LogP contribution is -2.45. The summed E-state index contributed by atoms with van der Waals surface area (Å²) in [5.41, 5.74) is 1.65. The molecule has 1 aromatic rings. The Hall–Kier alpha value is -2.57. The van der Waals surface area contributed by atoms with Crippen LogP contribution in [0, 0.1) is 5.92 Å². The van der Waals surface area contributed by atoms with E-state index in [0.29, 0.717) is 38.1 Å². The minimum atomic E-state index is -0.181. The molecule has 7 heteroatoms. The smallest absolute Gasteiger partial charge is 0.309 e. The first-order valence-electron chi connectivity index (χ1n) is 10.5. The maximum Gasteiger partial charge on any atom is 0.309 e. The maximum absolute atomic E-state index is 12.7. The van der Waals surface area contributed by atoms with Crippen LogP contribution < -0.4 is 4.90 Å². The summed E-state index contributed by atoms with van der Waals surface area (Å²) in [7, 11) is 1.64. The second-order valence-electron chi connectivity index (χ2n) is 7.29. The topological polar surface area (TPSA) is 70.2 Å². The lowest BCUT2D eigenvalue weighted by atomic mass is 9.97. The van der Waals surface area contributed by atoms with Crippen LogP contribution in [-0.2, 0) is 14.3 Å². The molecular weight excluding hydrogens is 370 g/mol. The Morgan fingerprint density at radius 2 is 1.62 bits per heavy atom. The second-order valence-corrected chi connectivity index (χ2v) is 7.29. The second kappa shape index (κ2) is 10.8. The Kier molecular flexibility index (Phi) is 8.49. The van der Waals surface area contributed by atoms with Gasteiger partial charge in [-0.3, -0.25) is 14.4 Å². The number of piperidine rings is 1. The highest BCUT2D eigenvalue weighted by atomic mass is 16.5. The molecule has 160 valence electrons. The van der Waals surface area contributed by atoms with Crippen LogP contribution in [-0.4, -0.2) is 74.0 Å². The summed E-state index contributed by atoms with van der Waals surface area (Å²) in [5, 5.41) is 0. The monoisotopic (exact) mass is 403 g/mol. The van der Waals surface area contributed by atoms with Gasteiger partial charge in [-0.25, -0.2) is 0 Å². The van der Waals surface area contributed by atoms with Crippen LogP contribution in [0.25, 0.3) is 0 Å². The van der Waals surface area contributed by atoms with Gasteiger partial charge in [0.2, 0.25) is 5.91 Å². The lowest BCUT2D eigenvalue weighted by Gasteiger charge is -2.32. The van der Waals surface area contributed by atoms with Crippen molar-refractivity contribution in [2.24, 2.45) is 5.92 Å². The molecule has 1 saturated heterocycles. The van der Waals surface area contributed by atoms with Gasteiger partial charge in [0.25, 0.3) is 5.91 Å². The predicted molar refractivity (Wildman–Crippen MR) is 113 cm³/mol. The number of likely N-dealkylation sites (tertiary alicyclic amines) is 1. The number of anilines is 1. The standard InChI is InChI=1S/C22H33N3O4/c1-5-24(6-2)19-10-8-17(9-11-19)21(27)23(4)16-20(26)25-14-12-18(13-15-25)22(28)29-7-3/h8-11,18H,5-7,12-16H2,1-4H3. The van der Waals surface area contributed by atoms with Crippen LogP contribution >= 0.6 is 0 Å². The summed E-state index contributed by atoms with van der Waals surface area (Å²) in [4.78, 5) is 42.5. The fourth-order valence-corrected chi connectivity index (χ4v) is 3.62. The normalized spacial score (nSPS) is 14.4. The molecule has 1 aliphatic heterocycles. The van der Waals surface area contributed by atoms with E-state index in [4.69, 9.17) is 4.74 Å². The zero-order valence-electron chi connectivity index (χ0n) is 18.0. The van der Waals surface area contributed by atoms with E-state index in [-0.39, 0.29) is 30.2 Å². The molecule has 1 aromatic carbocycles. The Morgan fingerprint density at radius 1 is 1.03 bits per heavy atom. The van der Waals surface area contributed by atoms with Crippen molar-refractivity contribution in [3.63, 3.8) is 0 Å². The number of amides is 2. The van der Waals surface area contributed by atoms with Crippen molar-refractivity contribution in [3.05, 3.63) is 29.8 Å². The van der Waals surface area contributed by atoms with Gasteiger partial charge in [-0.2, -0.15) is 0 Å². The van der Waals surface area contributed by atoms with Gasteiger partial charge in [0.15, 0.2) is 0 Å². The van der Waals surface area contributed by atoms with Crippen molar-refractivity contribution in [1.82, 2.24) is 9.80 Å². The largest absolute Gasteiger partial charge is 0.466 e. The van der Waals surface area contributed by atoms with Crippen molar-refractivity contribution in [3.8, 4) is 0 Å². The number of benzene rings is 1. The van der Waals surface area contributed by atoms with Gasteiger partial charge in [0.05, 0.1) is 19.1 Å². The highest BCUT2D eigenvalue weighted by Gasteiger charge is 2.29. The van der Waals surface area contributed by atoms with Crippen LogP contribution in [0.1, 0.15) is 44.0 Å². The Labute approximate surface area is 173 Å². The van der Waals surface area contributed by atoms with Crippen molar-refractivity contribution >= 4 is 23.5 Å². The molecule has 1 heterocycles. The number of carbonyl (C=O) groups is 3. The predicted octanol–water partition coefficient (Wildman–Crippen LogP) is 2.41. The molecule has 0 atom stereocenters. The lowest BCUT2D eigenvalue weighted by molar-refractivity contribution is -0.151. The molecule has 0 bridgehead atoms. The van der Waals surface area contributed by atoms with Gasteiger partial charge in [0.1, 0.15) is 0 Å². The number of ether oxygens (including phenoxy) is 1. The highest BCUT2D eigenvalue weighted by molar-refractivity contribution is 5.96. The molecule has 2 rings (SSSR count). The van der Waals surface area contributed by atoms with Gasteiger partial charge < -0.3 is 19.4 Å². The Morgan fingerprint density at radius 3 is 2.14 bits per heavy atom. The van der Waals surface area contributed by atoms with E-state index in [1.54, 1.807) is 18.9 Å². The van der Waals surface area contributed by atoms with Gasteiger partial charge in [-0.05, 0) is 57.9 Å². The highest BCUT2D eigenvalue weighted by Crippen LogP contribution is 2.19. The van der Waals surface area contributed by atoms with Crippen LogP contribution in [0.15, 0.2) is 24.3 Å². The van der Waals surface area contributed by atoms with Gasteiger partial charge in [-0.15, -0.1) is 0 Å². The first kappa shape index (κ1) is 22.7. The quantitative estimate of drug-likeness (QED) is 0.624. The maximum atomic E-state index is 12.7. The van der Waals surface area contributed by atoms with Crippen LogP contribution in [0.2, 0.25) is 0 Å². The molecule has 7 nitrogen and oxygen atoms in total. The minimum Gasteiger partial charge on any atom is -0.466 e. The molecule has 0 aromatic heterocycles. The van der Waals surface area contributed by atoms with Crippen LogP contribution in [0.5, 0.6) is 0 Å². The molecule has 1 aliphatic rings. The molecule has 2 amide bonds. The molecule has 29 heavy (non-hydrogen) atoms. The van der Waals surface area contributed by atoms with Gasteiger partial charge in [-0.1, -0.05) is 0 Å². The number of hydrogen-bond donors (Lipinski definition) is 0. The summed E-state index contributed by atoms with van der Waals surface area (Å²) < 4.78 is 5.06. The molecule has 0 radical (unpaired) electrons. The molecule has 0 saturated carbocycles. The summed E-state index contributed by atoms with van der Waals surface area (Å²) in [6.07, 6.45) is 1.21. The first-order chi connectivity index (χ1) is 13.9. The molecule has 0 aliphatic carbocycles. The number of likely N-dealkylation sites (N-methyl/N-ethyl adjacent to an activating group) is 1. The first-order valence-corrected chi connectivity index (χ1v) is 10.5. The van der Waals surface area contributed by atoms with E-state index in [0.717, 1.165) is 18.8 Å². The third kappa shape index (κ3) is 5.95. The number of hydrogen-bond acceptors (Lipinski definition) is 5. The average Bonchev–Trinajstić information content (AvgIpc) is 2.74. The summed E-state index contributed by atoms with van der Waals surface area (Å²) in [6, 6.07) is 7.50. The van der Waals surface area contributed by atoms with E-state index in [9.17, 15) is 14.4 Å². The molecular formula is C22H33N3O4. The van der Waals surface area contributed by atoms with Crippen molar-refractivity contribution in [2.75, 3.05) is 51.3 Å². The van der Waals surface area contributed by atoms with Gasteiger partial charge >= 0.3 is 5.97 Å². The minimum absolute atomic E-state index is 0.0285. The number of nitrogens with zero attached hydrogens (tertiary/aromatic N) is 3. The van der Waals surface area contributed by atoms with Crippen molar-refractivity contribution in [1.29, 1.82) is 0 Å². The molecule has 0 unspecified atom stereocenters.